The highest BCUT2D eigenvalue weighted by atomic mass is 14.9. The smallest absolute Gasteiger partial charge is 0.0501 e. The van der Waals surface area contributed by atoms with Gasteiger partial charge in [0.2, 0.25) is 0 Å². The summed E-state index contributed by atoms with van der Waals surface area (Å²) in [5, 5.41) is 1.16. The van der Waals surface area contributed by atoms with E-state index in [-0.39, 0.29) is 0 Å². The van der Waals surface area contributed by atoms with Crippen LogP contribution >= 0.6 is 0 Å². The molecule has 0 saturated heterocycles. The molecule has 0 fully saturated rings. The van der Waals surface area contributed by atoms with E-state index in [4.69, 9.17) is 5.73 Å². The van der Waals surface area contributed by atoms with Crippen LogP contribution in [0, 0.1) is 0 Å². The Labute approximate surface area is 119 Å². The molecule has 0 aliphatic heterocycles. The Morgan fingerprint density at radius 1 is 0.850 bits per heavy atom. The highest BCUT2D eigenvalue weighted by Gasteiger charge is 2.02. The number of nitrogens with zero attached hydrogens (tertiary/aromatic N) is 1. The molecule has 2 nitrogen and oxygen atoms in total. The van der Waals surface area contributed by atoms with Crippen molar-refractivity contribution in [1.29, 1.82) is 0 Å². The van der Waals surface area contributed by atoms with E-state index in [0.29, 0.717) is 0 Å². The first-order valence-electron chi connectivity index (χ1n) is 7.22. The van der Waals surface area contributed by atoms with Gasteiger partial charge in [-0.3, -0.25) is 0 Å². The Morgan fingerprint density at radius 2 is 1.70 bits per heavy atom. The molecule has 0 aliphatic carbocycles. The van der Waals surface area contributed by atoms with E-state index >= 15 is 0 Å². The number of unbranched alkanes of at least 4 members (excludes halogenated alkanes) is 1. The fourth-order valence-corrected chi connectivity index (χ4v) is 2.70. The van der Waals surface area contributed by atoms with E-state index in [0.717, 1.165) is 24.0 Å². The summed E-state index contributed by atoms with van der Waals surface area (Å²) < 4.78 is 2.30. The van der Waals surface area contributed by atoms with Crippen LogP contribution in [0.3, 0.4) is 0 Å². The summed E-state index contributed by atoms with van der Waals surface area (Å²) in [7, 11) is 0. The summed E-state index contributed by atoms with van der Waals surface area (Å²) in [6.07, 6.45) is 5.70. The van der Waals surface area contributed by atoms with Crippen LogP contribution < -0.4 is 5.73 Å². The molecule has 0 bridgehead atoms. The van der Waals surface area contributed by atoms with Crippen molar-refractivity contribution >= 4 is 16.6 Å². The van der Waals surface area contributed by atoms with Crippen molar-refractivity contribution in [1.82, 2.24) is 4.57 Å². The summed E-state index contributed by atoms with van der Waals surface area (Å²) in [6.45, 7) is 1.06. The minimum atomic E-state index is 0.866. The molecule has 0 aliphatic rings. The zero-order valence-electron chi connectivity index (χ0n) is 11.6. The number of rotatable bonds is 5. The molecule has 102 valence electrons. The minimum absolute atomic E-state index is 0.866. The Kier molecular flexibility index (Phi) is 3.73. The van der Waals surface area contributed by atoms with Gasteiger partial charge in [0.1, 0.15) is 0 Å². The molecule has 0 radical (unpaired) electrons. The van der Waals surface area contributed by atoms with Gasteiger partial charge in [0.25, 0.3) is 0 Å². The fourth-order valence-electron chi connectivity index (χ4n) is 2.70. The fraction of sp³-hybridized carbons (Fsp3) is 0.222. The number of aryl methyl sites for hydroxylation is 2. The van der Waals surface area contributed by atoms with Crippen LogP contribution in [-0.2, 0) is 13.0 Å². The molecular formula is C18H20N2. The third-order valence-electron chi connectivity index (χ3n) is 3.80. The molecule has 0 atom stereocenters. The number of anilines is 1. The van der Waals surface area contributed by atoms with Crippen LogP contribution in [-0.4, -0.2) is 4.57 Å². The van der Waals surface area contributed by atoms with E-state index in [1.54, 1.807) is 0 Å². The predicted octanol–water partition coefficient (Wildman–Crippen LogP) is 4.25. The molecule has 20 heavy (non-hydrogen) atoms. The number of nitrogens with two attached hydrogens (primary N) is 1. The summed E-state index contributed by atoms with van der Waals surface area (Å²) in [5.74, 6) is 0. The Morgan fingerprint density at radius 3 is 2.55 bits per heavy atom. The normalized spacial score (nSPS) is 11.0. The van der Waals surface area contributed by atoms with Crippen molar-refractivity contribution in [2.24, 2.45) is 0 Å². The van der Waals surface area contributed by atoms with Crippen LogP contribution in [0.2, 0.25) is 0 Å². The zero-order chi connectivity index (χ0) is 13.8. The molecule has 0 unspecified atom stereocenters. The maximum Gasteiger partial charge on any atom is 0.0501 e. The summed E-state index contributed by atoms with van der Waals surface area (Å²) >= 11 is 0. The van der Waals surface area contributed by atoms with E-state index < -0.39 is 0 Å². The van der Waals surface area contributed by atoms with Crippen molar-refractivity contribution < 1.29 is 0 Å². The van der Waals surface area contributed by atoms with Gasteiger partial charge in [0.15, 0.2) is 0 Å². The maximum absolute atomic E-state index is 5.99. The van der Waals surface area contributed by atoms with Crippen LogP contribution in [0.5, 0.6) is 0 Å². The van der Waals surface area contributed by atoms with Gasteiger partial charge in [0, 0.05) is 23.8 Å². The lowest BCUT2D eigenvalue weighted by molar-refractivity contribution is 0.624. The molecule has 3 rings (SSSR count). The van der Waals surface area contributed by atoms with E-state index in [1.807, 2.05) is 12.1 Å². The predicted molar refractivity (Wildman–Crippen MR) is 85.7 cm³/mol. The van der Waals surface area contributed by atoms with Crippen LogP contribution in [0.1, 0.15) is 18.4 Å². The molecule has 2 aromatic carbocycles. The molecule has 0 amide bonds. The number of fused-ring (bicyclic) bond motifs is 1. The van der Waals surface area contributed by atoms with Crippen molar-refractivity contribution in [2.45, 2.75) is 25.8 Å². The monoisotopic (exact) mass is 264 g/mol. The largest absolute Gasteiger partial charge is 0.398 e. The van der Waals surface area contributed by atoms with Gasteiger partial charge >= 0.3 is 0 Å². The van der Waals surface area contributed by atoms with Gasteiger partial charge in [-0.2, -0.15) is 0 Å². The lowest BCUT2D eigenvalue weighted by Gasteiger charge is -2.06. The minimum Gasteiger partial charge on any atom is -0.398 e. The highest BCUT2D eigenvalue weighted by molar-refractivity contribution is 5.91. The Hall–Kier alpha value is -2.22. The van der Waals surface area contributed by atoms with Gasteiger partial charge in [-0.25, -0.2) is 0 Å². The average Bonchev–Trinajstić information content (AvgIpc) is 2.90. The van der Waals surface area contributed by atoms with E-state index in [2.05, 4.69) is 53.2 Å². The second-order valence-electron chi connectivity index (χ2n) is 5.23. The van der Waals surface area contributed by atoms with Gasteiger partial charge < -0.3 is 10.3 Å². The maximum atomic E-state index is 5.99. The number of aromatic nitrogens is 1. The second-order valence-corrected chi connectivity index (χ2v) is 5.23. The average molecular weight is 264 g/mol. The van der Waals surface area contributed by atoms with Crippen LogP contribution in [0.25, 0.3) is 10.9 Å². The Bertz CT molecular complexity index is 683. The Balaban J connectivity index is 1.59. The van der Waals surface area contributed by atoms with Crippen molar-refractivity contribution in [3.8, 4) is 0 Å². The SMILES string of the molecule is Nc1cccc2c1ccn2CCCCc1ccccc1. The van der Waals surface area contributed by atoms with Gasteiger partial charge in [0.05, 0.1) is 5.52 Å². The number of hydrogen-bond donors (Lipinski definition) is 1. The molecule has 0 spiro atoms. The number of hydrogen-bond acceptors (Lipinski definition) is 1. The molecule has 1 aromatic heterocycles. The van der Waals surface area contributed by atoms with Crippen LogP contribution in [0.15, 0.2) is 60.8 Å². The van der Waals surface area contributed by atoms with Crippen molar-refractivity contribution in [3.63, 3.8) is 0 Å². The molecule has 2 heteroatoms. The molecule has 0 saturated carbocycles. The van der Waals surface area contributed by atoms with Crippen LogP contribution in [0.4, 0.5) is 5.69 Å². The summed E-state index contributed by atoms with van der Waals surface area (Å²) in [4.78, 5) is 0. The number of benzene rings is 2. The van der Waals surface area contributed by atoms with E-state index in [1.165, 1.54) is 23.9 Å². The van der Waals surface area contributed by atoms with Gasteiger partial charge in [-0.05, 0) is 43.0 Å². The standard InChI is InChI=1S/C18H20N2/c19-17-10-6-11-18-16(17)12-14-20(18)13-5-4-9-15-7-2-1-3-8-15/h1-3,6-8,10-12,14H,4-5,9,13,19H2. The van der Waals surface area contributed by atoms with Crippen molar-refractivity contribution in [2.75, 3.05) is 5.73 Å². The topological polar surface area (TPSA) is 30.9 Å². The third kappa shape index (κ3) is 2.69. The second kappa shape index (κ2) is 5.83. The van der Waals surface area contributed by atoms with Gasteiger partial charge in [-0.1, -0.05) is 36.4 Å². The highest BCUT2D eigenvalue weighted by Crippen LogP contribution is 2.22. The van der Waals surface area contributed by atoms with Crippen molar-refractivity contribution in [3.05, 3.63) is 66.4 Å². The molecule has 1 heterocycles. The first-order chi connectivity index (χ1) is 9.84. The molecule has 2 N–H and O–H groups in total. The summed E-state index contributed by atoms with van der Waals surface area (Å²) in [5.41, 5.74) is 9.52. The molecule has 3 aromatic rings. The summed E-state index contributed by atoms with van der Waals surface area (Å²) in [6, 6.07) is 18.9. The lowest BCUT2D eigenvalue weighted by Crippen LogP contribution is -1.97. The molecular weight excluding hydrogens is 244 g/mol. The third-order valence-corrected chi connectivity index (χ3v) is 3.80. The van der Waals surface area contributed by atoms with Gasteiger partial charge in [-0.15, -0.1) is 0 Å². The zero-order valence-corrected chi connectivity index (χ0v) is 11.6. The quantitative estimate of drug-likeness (QED) is 0.542. The first kappa shape index (κ1) is 12.8. The number of nitrogen functional groups attached to an aromatic ring is 1. The van der Waals surface area contributed by atoms with E-state index in [9.17, 15) is 0 Å². The first-order valence-corrected chi connectivity index (χ1v) is 7.22. The lowest BCUT2D eigenvalue weighted by atomic mass is 10.1.